The third-order valence-corrected chi connectivity index (χ3v) is 10.4. The van der Waals surface area contributed by atoms with E-state index in [0.29, 0.717) is 13.1 Å². The second-order valence-electron chi connectivity index (χ2n) is 7.58. The van der Waals surface area contributed by atoms with Crippen molar-refractivity contribution in [1.29, 1.82) is 0 Å². The van der Waals surface area contributed by atoms with Crippen LogP contribution < -0.4 is 0 Å². The SMILES string of the molecule is CCN(CC)C(=O)CC(Sc1nc2ccccc2s1)C(CC(=O)O)Sc1nc2ccccc2s1. The molecule has 10 heteroatoms. The van der Waals surface area contributed by atoms with E-state index >= 15 is 0 Å². The average molecular weight is 532 g/mol. The van der Waals surface area contributed by atoms with Crippen molar-refractivity contribution in [2.45, 2.75) is 45.9 Å². The van der Waals surface area contributed by atoms with Crippen molar-refractivity contribution in [3.63, 3.8) is 0 Å². The second-order valence-corrected chi connectivity index (χ2v) is 12.6. The van der Waals surface area contributed by atoms with Crippen LogP contribution in [0, 0.1) is 0 Å². The molecule has 2 heterocycles. The number of benzene rings is 2. The Hall–Kier alpha value is -2.14. The predicted octanol–water partition coefficient (Wildman–Crippen LogP) is 6.26. The van der Waals surface area contributed by atoms with Gasteiger partial charge in [0.15, 0.2) is 8.68 Å². The monoisotopic (exact) mass is 531 g/mol. The number of para-hydroxylation sites is 2. The molecule has 2 aromatic carbocycles. The summed E-state index contributed by atoms with van der Waals surface area (Å²) in [4.78, 5) is 36.2. The van der Waals surface area contributed by atoms with Gasteiger partial charge in [-0.2, -0.15) is 0 Å². The lowest BCUT2D eigenvalue weighted by Crippen LogP contribution is -2.35. The molecular formula is C24H25N3O3S4. The third-order valence-electron chi connectivity index (χ3n) is 5.34. The maximum Gasteiger partial charge on any atom is 0.304 e. The summed E-state index contributed by atoms with van der Waals surface area (Å²) in [7, 11) is 0. The molecule has 6 nitrogen and oxygen atoms in total. The number of hydrogen-bond acceptors (Lipinski definition) is 8. The van der Waals surface area contributed by atoms with Gasteiger partial charge in [0.2, 0.25) is 5.91 Å². The van der Waals surface area contributed by atoms with Gasteiger partial charge in [0.1, 0.15) is 0 Å². The molecule has 34 heavy (non-hydrogen) atoms. The van der Waals surface area contributed by atoms with Gasteiger partial charge in [-0.05, 0) is 38.1 Å². The third kappa shape index (κ3) is 6.10. The van der Waals surface area contributed by atoms with E-state index in [1.165, 1.54) is 23.5 Å². The molecule has 4 rings (SSSR count). The molecule has 2 unspecified atom stereocenters. The van der Waals surface area contributed by atoms with Crippen LogP contribution in [-0.4, -0.2) is 55.4 Å². The van der Waals surface area contributed by atoms with Crippen LogP contribution in [0.2, 0.25) is 0 Å². The maximum absolute atomic E-state index is 13.1. The summed E-state index contributed by atoms with van der Waals surface area (Å²) in [5.41, 5.74) is 1.82. The Morgan fingerprint density at radius 2 is 1.32 bits per heavy atom. The van der Waals surface area contributed by atoms with Crippen molar-refractivity contribution < 1.29 is 14.7 Å². The molecule has 0 aliphatic rings. The van der Waals surface area contributed by atoms with Crippen molar-refractivity contribution in [1.82, 2.24) is 14.9 Å². The summed E-state index contributed by atoms with van der Waals surface area (Å²) in [6.45, 7) is 5.17. The molecule has 0 saturated carbocycles. The van der Waals surface area contributed by atoms with E-state index in [2.05, 4.69) is 0 Å². The maximum atomic E-state index is 13.1. The van der Waals surface area contributed by atoms with Crippen molar-refractivity contribution in [2.24, 2.45) is 0 Å². The summed E-state index contributed by atoms with van der Waals surface area (Å²) in [6, 6.07) is 15.8. The fourth-order valence-electron chi connectivity index (χ4n) is 3.61. The van der Waals surface area contributed by atoms with E-state index in [-0.39, 0.29) is 29.2 Å². The number of carbonyl (C=O) groups is 2. The lowest BCUT2D eigenvalue weighted by atomic mass is 10.1. The Labute approximate surface area is 214 Å². The molecule has 0 aliphatic carbocycles. The van der Waals surface area contributed by atoms with E-state index in [1.54, 1.807) is 27.6 Å². The molecule has 0 saturated heterocycles. The number of thiazole rings is 2. The highest BCUT2D eigenvalue weighted by atomic mass is 32.2. The highest BCUT2D eigenvalue weighted by molar-refractivity contribution is 8.05. The van der Waals surface area contributed by atoms with Crippen LogP contribution in [0.1, 0.15) is 26.7 Å². The Morgan fingerprint density at radius 3 is 1.76 bits per heavy atom. The normalized spacial score (nSPS) is 13.2. The molecule has 2 aromatic heterocycles. The Kier molecular flexibility index (Phi) is 8.46. The molecule has 178 valence electrons. The topological polar surface area (TPSA) is 83.4 Å². The zero-order chi connectivity index (χ0) is 24.1. The van der Waals surface area contributed by atoms with Crippen LogP contribution in [0.4, 0.5) is 0 Å². The first-order valence-electron chi connectivity index (χ1n) is 11.0. The Balaban J connectivity index is 1.65. The van der Waals surface area contributed by atoms with Crippen LogP contribution in [0.25, 0.3) is 20.4 Å². The molecule has 1 N–H and O–H groups in total. The van der Waals surface area contributed by atoms with Crippen LogP contribution in [0.5, 0.6) is 0 Å². The predicted molar refractivity (Wildman–Crippen MR) is 143 cm³/mol. The van der Waals surface area contributed by atoms with Crippen LogP contribution in [0.3, 0.4) is 0 Å². The zero-order valence-electron chi connectivity index (χ0n) is 18.8. The van der Waals surface area contributed by atoms with E-state index < -0.39 is 5.97 Å². The number of hydrogen-bond donors (Lipinski definition) is 1. The minimum atomic E-state index is -0.885. The summed E-state index contributed by atoms with van der Waals surface area (Å²) in [5, 5.41) is 9.12. The summed E-state index contributed by atoms with van der Waals surface area (Å²) in [6.07, 6.45) is 0.187. The number of carbonyl (C=O) groups excluding carboxylic acids is 1. The number of rotatable bonds is 11. The lowest BCUT2D eigenvalue weighted by molar-refractivity contribution is -0.137. The van der Waals surface area contributed by atoms with Gasteiger partial charge < -0.3 is 10.0 Å². The quantitative estimate of drug-likeness (QED) is 0.229. The van der Waals surface area contributed by atoms with Gasteiger partial charge in [0.05, 0.1) is 26.9 Å². The highest BCUT2D eigenvalue weighted by Crippen LogP contribution is 2.42. The number of fused-ring (bicyclic) bond motifs is 2. The Bertz CT molecular complexity index is 1220. The second kappa shape index (κ2) is 11.5. The number of nitrogens with zero attached hydrogens (tertiary/aromatic N) is 3. The van der Waals surface area contributed by atoms with Crippen LogP contribution >= 0.6 is 46.2 Å². The molecule has 0 spiro atoms. The van der Waals surface area contributed by atoms with Gasteiger partial charge >= 0.3 is 5.97 Å². The Morgan fingerprint density at radius 1 is 0.853 bits per heavy atom. The minimum absolute atomic E-state index is 0.0314. The molecule has 0 aliphatic heterocycles. The van der Waals surface area contributed by atoms with Gasteiger partial charge in [-0.1, -0.05) is 47.8 Å². The molecule has 4 aromatic rings. The fraction of sp³-hybridized carbons (Fsp3) is 0.333. The van der Waals surface area contributed by atoms with E-state index in [4.69, 9.17) is 9.97 Å². The largest absolute Gasteiger partial charge is 0.481 e. The van der Waals surface area contributed by atoms with Gasteiger partial charge in [0.25, 0.3) is 0 Å². The fourth-order valence-corrected chi connectivity index (χ4v) is 8.77. The van der Waals surface area contributed by atoms with Crippen LogP contribution in [-0.2, 0) is 9.59 Å². The van der Waals surface area contributed by atoms with Gasteiger partial charge in [-0.15, -0.1) is 22.7 Å². The standard InChI is InChI=1S/C24H25N3O3S4/c1-3-27(4-2)21(28)13-19(33-23-25-15-9-5-7-11-17(15)31-23)20(14-22(29)30)34-24-26-16-10-6-8-12-18(16)32-24/h5-12,19-20H,3-4,13-14H2,1-2H3,(H,29,30). The van der Waals surface area contributed by atoms with Gasteiger partial charge in [-0.25, -0.2) is 9.97 Å². The number of amides is 1. The number of aromatic nitrogens is 2. The van der Waals surface area contributed by atoms with Gasteiger partial charge in [0, 0.05) is 30.0 Å². The van der Waals surface area contributed by atoms with E-state index in [1.807, 2.05) is 62.4 Å². The van der Waals surface area contributed by atoms with E-state index in [0.717, 1.165) is 29.1 Å². The smallest absolute Gasteiger partial charge is 0.304 e. The highest BCUT2D eigenvalue weighted by Gasteiger charge is 2.31. The number of carboxylic acids is 1. The minimum Gasteiger partial charge on any atom is -0.481 e. The molecule has 1 amide bonds. The molecular weight excluding hydrogens is 507 g/mol. The van der Waals surface area contributed by atoms with Gasteiger partial charge in [-0.3, -0.25) is 9.59 Å². The number of carboxylic acid groups (broad SMARTS) is 1. The molecule has 0 bridgehead atoms. The van der Waals surface area contributed by atoms with Crippen LogP contribution in [0.15, 0.2) is 57.2 Å². The zero-order valence-corrected chi connectivity index (χ0v) is 22.1. The first-order valence-corrected chi connectivity index (χ1v) is 14.4. The van der Waals surface area contributed by atoms with Crippen molar-refractivity contribution >= 4 is 78.5 Å². The van der Waals surface area contributed by atoms with Crippen molar-refractivity contribution in [3.8, 4) is 0 Å². The van der Waals surface area contributed by atoms with Crippen molar-refractivity contribution in [2.75, 3.05) is 13.1 Å². The summed E-state index contributed by atoms with van der Waals surface area (Å²) in [5.74, 6) is -0.854. The molecule has 0 radical (unpaired) electrons. The van der Waals surface area contributed by atoms with Crippen molar-refractivity contribution in [3.05, 3.63) is 48.5 Å². The first-order chi connectivity index (χ1) is 16.5. The van der Waals surface area contributed by atoms with E-state index in [9.17, 15) is 14.7 Å². The number of aliphatic carboxylic acids is 1. The average Bonchev–Trinajstić information content (AvgIpc) is 3.41. The summed E-state index contributed by atoms with van der Waals surface area (Å²) < 4.78 is 3.80. The molecule has 0 fully saturated rings. The summed E-state index contributed by atoms with van der Waals surface area (Å²) >= 11 is 6.10. The lowest BCUT2D eigenvalue weighted by Gasteiger charge is -2.26. The number of thioether (sulfide) groups is 2. The molecule has 2 atom stereocenters. The first kappa shape index (κ1) is 25.0.